The van der Waals surface area contributed by atoms with E-state index in [4.69, 9.17) is 9.47 Å². The molecule has 0 fully saturated rings. The van der Waals surface area contributed by atoms with Gasteiger partial charge in [0, 0.05) is 18.2 Å². The molecule has 2 aromatic rings. The van der Waals surface area contributed by atoms with Gasteiger partial charge >= 0.3 is 0 Å². The molecule has 152 valence electrons. The van der Waals surface area contributed by atoms with Crippen LogP contribution in [0, 0.1) is 0 Å². The molecular weight excluding hydrogens is 380 g/mol. The first-order valence-corrected chi connectivity index (χ1v) is 10.5. The predicted octanol–water partition coefficient (Wildman–Crippen LogP) is 2.71. The quantitative estimate of drug-likeness (QED) is 0.668. The second-order valence-corrected chi connectivity index (χ2v) is 8.12. The van der Waals surface area contributed by atoms with Crippen molar-refractivity contribution < 1.29 is 22.7 Å². The zero-order valence-corrected chi connectivity index (χ0v) is 17.3. The molecule has 2 N–H and O–H groups in total. The largest absolute Gasteiger partial charge is 0.493 e. The normalized spacial score (nSPS) is 11.3. The number of hydrogen-bond donors (Lipinski definition) is 2. The van der Waals surface area contributed by atoms with Gasteiger partial charge < -0.3 is 14.8 Å². The summed E-state index contributed by atoms with van der Waals surface area (Å²) < 4.78 is 37.8. The third-order valence-electron chi connectivity index (χ3n) is 3.78. The number of carbonyl (C=O) groups excluding carboxylic acids is 1. The summed E-state index contributed by atoms with van der Waals surface area (Å²) in [6.45, 7) is 6.15. The second kappa shape index (κ2) is 9.57. The molecule has 0 aliphatic heterocycles. The summed E-state index contributed by atoms with van der Waals surface area (Å²) in [5, 5.41) is 2.79. The van der Waals surface area contributed by atoms with Gasteiger partial charge in [0.25, 0.3) is 5.91 Å². The van der Waals surface area contributed by atoms with Crippen molar-refractivity contribution in [3.8, 4) is 11.5 Å². The number of benzene rings is 2. The molecule has 0 saturated heterocycles. The maximum absolute atomic E-state index is 12.5. The summed E-state index contributed by atoms with van der Waals surface area (Å²) in [6.07, 6.45) is 0. The lowest BCUT2D eigenvalue weighted by Crippen LogP contribution is -2.30. The molecule has 0 unspecified atom stereocenters. The number of rotatable bonds is 9. The van der Waals surface area contributed by atoms with Gasteiger partial charge in [0.05, 0.1) is 18.6 Å². The van der Waals surface area contributed by atoms with Crippen molar-refractivity contribution in [2.75, 3.05) is 13.7 Å². The fourth-order valence-electron chi connectivity index (χ4n) is 2.56. The first-order valence-electron chi connectivity index (χ1n) is 8.97. The molecule has 0 atom stereocenters. The Balaban J connectivity index is 2.11. The van der Waals surface area contributed by atoms with E-state index < -0.39 is 10.0 Å². The van der Waals surface area contributed by atoms with Gasteiger partial charge in [-0.3, -0.25) is 4.79 Å². The highest BCUT2D eigenvalue weighted by molar-refractivity contribution is 7.89. The Morgan fingerprint density at radius 2 is 1.86 bits per heavy atom. The Hall–Kier alpha value is -2.58. The molecule has 0 bridgehead atoms. The lowest BCUT2D eigenvalue weighted by Gasteiger charge is -2.12. The molecule has 0 saturated carbocycles. The summed E-state index contributed by atoms with van der Waals surface area (Å²) in [7, 11) is -2.11. The molecule has 2 rings (SSSR count). The van der Waals surface area contributed by atoms with Crippen molar-refractivity contribution in [3.05, 3.63) is 53.6 Å². The van der Waals surface area contributed by atoms with Crippen LogP contribution in [0.15, 0.2) is 47.4 Å². The maximum Gasteiger partial charge on any atom is 0.251 e. The number of methoxy groups -OCH3 is 1. The van der Waals surface area contributed by atoms with E-state index in [1.165, 1.54) is 12.1 Å². The highest BCUT2D eigenvalue weighted by Gasteiger charge is 2.17. The molecule has 0 aliphatic carbocycles. The standard InChI is InChI=1S/C20H26N2O5S/c1-5-27-18-10-9-15(11-19(18)26-4)13-21-20(23)16-7-6-8-17(12-16)28(24,25)22-14(2)3/h6-12,14,22H,5,13H2,1-4H3,(H,21,23). The van der Waals surface area contributed by atoms with E-state index in [-0.39, 0.29) is 29.0 Å². The van der Waals surface area contributed by atoms with Crippen molar-refractivity contribution in [1.82, 2.24) is 10.0 Å². The molecule has 7 nitrogen and oxygen atoms in total. The van der Waals surface area contributed by atoms with Gasteiger partial charge in [-0.15, -0.1) is 0 Å². The van der Waals surface area contributed by atoms with Gasteiger partial charge in [-0.2, -0.15) is 0 Å². The monoisotopic (exact) mass is 406 g/mol. The Labute approximate surface area is 166 Å². The molecule has 0 aliphatic rings. The van der Waals surface area contributed by atoms with Gasteiger partial charge in [0.1, 0.15) is 0 Å². The molecular formula is C20H26N2O5S. The number of hydrogen-bond acceptors (Lipinski definition) is 5. The minimum Gasteiger partial charge on any atom is -0.493 e. The Kier molecular flexibility index (Phi) is 7.42. The van der Waals surface area contributed by atoms with Crippen LogP contribution in [0.5, 0.6) is 11.5 Å². The summed E-state index contributed by atoms with van der Waals surface area (Å²) in [5.41, 5.74) is 1.10. The van der Waals surface area contributed by atoms with E-state index in [2.05, 4.69) is 10.0 Å². The number of amides is 1. The Bertz CT molecular complexity index is 926. The molecule has 0 spiro atoms. The van der Waals surface area contributed by atoms with Crippen molar-refractivity contribution in [2.24, 2.45) is 0 Å². The number of ether oxygens (including phenoxy) is 2. The zero-order chi connectivity index (χ0) is 20.7. The minimum atomic E-state index is -3.66. The van der Waals surface area contributed by atoms with E-state index >= 15 is 0 Å². The fraction of sp³-hybridized carbons (Fsp3) is 0.350. The molecule has 1 amide bonds. The van der Waals surface area contributed by atoms with Crippen LogP contribution in [-0.4, -0.2) is 34.1 Å². The van der Waals surface area contributed by atoms with Crippen LogP contribution in [0.4, 0.5) is 0 Å². The maximum atomic E-state index is 12.5. The van der Waals surface area contributed by atoms with Crippen LogP contribution in [0.25, 0.3) is 0 Å². The van der Waals surface area contributed by atoms with Crippen LogP contribution >= 0.6 is 0 Å². The third kappa shape index (κ3) is 5.71. The average Bonchev–Trinajstić information content (AvgIpc) is 2.66. The average molecular weight is 407 g/mol. The molecule has 0 aromatic heterocycles. The first-order chi connectivity index (χ1) is 13.3. The summed E-state index contributed by atoms with van der Waals surface area (Å²) >= 11 is 0. The highest BCUT2D eigenvalue weighted by atomic mass is 32.2. The van der Waals surface area contributed by atoms with Crippen LogP contribution in [0.3, 0.4) is 0 Å². The summed E-state index contributed by atoms with van der Waals surface area (Å²) in [6, 6.07) is 11.1. The van der Waals surface area contributed by atoms with Gasteiger partial charge in [-0.05, 0) is 56.7 Å². The summed E-state index contributed by atoms with van der Waals surface area (Å²) in [4.78, 5) is 12.5. The number of nitrogens with one attached hydrogen (secondary N) is 2. The molecule has 28 heavy (non-hydrogen) atoms. The smallest absolute Gasteiger partial charge is 0.251 e. The van der Waals surface area contributed by atoms with Crippen molar-refractivity contribution >= 4 is 15.9 Å². The van der Waals surface area contributed by atoms with Crippen LogP contribution in [-0.2, 0) is 16.6 Å². The molecule has 0 radical (unpaired) electrons. The van der Waals surface area contributed by atoms with E-state index in [1.807, 2.05) is 13.0 Å². The van der Waals surface area contributed by atoms with E-state index in [0.717, 1.165) is 5.56 Å². The SMILES string of the molecule is CCOc1ccc(CNC(=O)c2cccc(S(=O)(=O)NC(C)C)c2)cc1OC. The first kappa shape index (κ1) is 21.7. The van der Waals surface area contributed by atoms with Crippen LogP contribution in [0.1, 0.15) is 36.7 Å². The lowest BCUT2D eigenvalue weighted by molar-refractivity contribution is 0.0950. The van der Waals surface area contributed by atoms with Crippen molar-refractivity contribution in [2.45, 2.75) is 38.3 Å². The third-order valence-corrected chi connectivity index (χ3v) is 5.43. The molecule has 8 heteroatoms. The fourth-order valence-corrected chi connectivity index (χ4v) is 3.86. The highest BCUT2D eigenvalue weighted by Crippen LogP contribution is 2.28. The molecule has 0 heterocycles. The van der Waals surface area contributed by atoms with Crippen LogP contribution < -0.4 is 19.5 Å². The van der Waals surface area contributed by atoms with Gasteiger partial charge in [-0.25, -0.2) is 13.1 Å². The molecule has 2 aromatic carbocycles. The van der Waals surface area contributed by atoms with E-state index in [9.17, 15) is 13.2 Å². The Morgan fingerprint density at radius 3 is 2.50 bits per heavy atom. The second-order valence-electron chi connectivity index (χ2n) is 6.40. The number of carbonyl (C=O) groups is 1. The predicted molar refractivity (Wildman–Crippen MR) is 107 cm³/mol. The lowest BCUT2D eigenvalue weighted by atomic mass is 10.1. The van der Waals surface area contributed by atoms with Crippen LogP contribution in [0.2, 0.25) is 0 Å². The van der Waals surface area contributed by atoms with Crippen molar-refractivity contribution in [3.63, 3.8) is 0 Å². The topological polar surface area (TPSA) is 93.7 Å². The van der Waals surface area contributed by atoms with Gasteiger partial charge in [0.2, 0.25) is 10.0 Å². The van der Waals surface area contributed by atoms with Gasteiger partial charge in [-0.1, -0.05) is 12.1 Å². The van der Waals surface area contributed by atoms with E-state index in [1.54, 1.807) is 45.2 Å². The summed E-state index contributed by atoms with van der Waals surface area (Å²) in [5.74, 6) is 0.853. The Morgan fingerprint density at radius 1 is 1.11 bits per heavy atom. The number of sulfonamides is 1. The zero-order valence-electron chi connectivity index (χ0n) is 16.5. The van der Waals surface area contributed by atoms with E-state index in [0.29, 0.717) is 18.1 Å². The van der Waals surface area contributed by atoms with Crippen molar-refractivity contribution in [1.29, 1.82) is 0 Å². The minimum absolute atomic E-state index is 0.0524. The van der Waals surface area contributed by atoms with Gasteiger partial charge in [0.15, 0.2) is 11.5 Å².